The minimum absolute atomic E-state index is 0.0119. The van der Waals surface area contributed by atoms with Gasteiger partial charge >= 0.3 is 5.97 Å². The smallest absolute Gasteiger partial charge is 0.305 e. The molecule has 2 atom stereocenters. The largest absolute Gasteiger partial charge is 0.466 e. The Kier molecular flexibility index (Phi) is 9.67. The lowest BCUT2D eigenvalue weighted by molar-refractivity contribution is -0.143. The predicted octanol–water partition coefficient (Wildman–Crippen LogP) is 4.62. The lowest BCUT2D eigenvalue weighted by Gasteiger charge is -2.41. The molecule has 216 valence electrons. The number of carbonyl (C=O) groups is 3. The molecule has 1 aliphatic heterocycles. The molecule has 2 aromatic carbocycles. The molecule has 1 spiro atoms. The third-order valence-electron chi connectivity index (χ3n) is 8.63. The Balaban J connectivity index is 1.41. The average molecular weight is 548 g/mol. The molecule has 2 aliphatic rings. The van der Waals surface area contributed by atoms with Gasteiger partial charge in [0.1, 0.15) is 6.04 Å². The minimum atomic E-state index is -1.06. The van der Waals surface area contributed by atoms with Crippen LogP contribution in [0.3, 0.4) is 0 Å². The third kappa shape index (κ3) is 7.11. The molecule has 2 aromatic rings. The average Bonchev–Trinajstić information content (AvgIpc) is 3.24. The van der Waals surface area contributed by atoms with E-state index in [2.05, 4.69) is 41.7 Å². The number of fused-ring (bicyclic) bond motifs is 2. The highest BCUT2D eigenvalue weighted by Crippen LogP contribution is 2.53. The first kappa shape index (κ1) is 29.8. The van der Waals surface area contributed by atoms with Crippen LogP contribution in [0.15, 0.2) is 54.6 Å². The van der Waals surface area contributed by atoms with E-state index in [-0.39, 0.29) is 23.2 Å². The van der Waals surface area contributed by atoms with Crippen molar-refractivity contribution in [3.8, 4) is 0 Å². The molecule has 4 rings (SSSR count). The van der Waals surface area contributed by atoms with Crippen LogP contribution in [0.5, 0.6) is 0 Å². The van der Waals surface area contributed by atoms with E-state index in [1.165, 1.54) is 16.7 Å². The highest BCUT2D eigenvalue weighted by Gasteiger charge is 2.46. The van der Waals surface area contributed by atoms with Crippen molar-refractivity contribution in [3.63, 3.8) is 0 Å². The van der Waals surface area contributed by atoms with Crippen molar-refractivity contribution < 1.29 is 19.1 Å². The zero-order valence-corrected chi connectivity index (χ0v) is 24.3. The number of carbonyl (C=O) groups excluding carboxylic acids is 3. The Hall–Kier alpha value is -3.19. The van der Waals surface area contributed by atoms with E-state index >= 15 is 0 Å². The summed E-state index contributed by atoms with van der Waals surface area (Å²) in [6.45, 7) is 6.86. The van der Waals surface area contributed by atoms with Crippen LogP contribution in [-0.2, 0) is 31.0 Å². The van der Waals surface area contributed by atoms with E-state index in [9.17, 15) is 14.4 Å². The first-order valence-electron chi connectivity index (χ1n) is 14.8. The number of amides is 2. The summed E-state index contributed by atoms with van der Waals surface area (Å²) in [4.78, 5) is 40.5. The van der Waals surface area contributed by atoms with Crippen LogP contribution >= 0.6 is 0 Å². The molecule has 2 amide bonds. The van der Waals surface area contributed by atoms with Crippen LogP contribution in [0.25, 0.3) is 0 Å². The van der Waals surface area contributed by atoms with Crippen molar-refractivity contribution in [1.29, 1.82) is 0 Å². The van der Waals surface area contributed by atoms with E-state index < -0.39 is 11.6 Å². The standard InChI is InChI=1S/C33H45N3O4/c1-4-40-29(37)18-17-25-23-33(27-15-9-8-14-26(25)27)19-21-36(22-20-33)30(38)28(35-31(39)32(2,3)34)16-10-13-24-11-6-5-7-12-24/h5-9,11-12,14-15,25,28H,4,10,13,16-23,34H2,1-3H3,(H,35,39). The zero-order valence-electron chi connectivity index (χ0n) is 24.3. The second kappa shape index (κ2) is 13.0. The van der Waals surface area contributed by atoms with Crippen LogP contribution in [0.1, 0.15) is 88.3 Å². The molecule has 1 aliphatic carbocycles. The highest BCUT2D eigenvalue weighted by molar-refractivity contribution is 5.91. The lowest BCUT2D eigenvalue weighted by Crippen LogP contribution is -2.57. The zero-order chi connectivity index (χ0) is 28.8. The molecule has 1 fully saturated rings. The summed E-state index contributed by atoms with van der Waals surface area (Å²) in [6, 6.07) is 18.2. The van der Waals surface area contributed by atoms with E-state index in [0.29, 0.717) is 38.5 Å². The Bertz CT molecular complexity index is 1170. The first-order valence-corrected chi connectivity index (χ1v) is 14.8. The monoisotopic (exact) mass is 547 g/mol. The Labute approximate surface area is 238 Å². The van der Waals surface area contributed by atoms with Gasteiger partial charge < -0.3 is 20.7 Å². The van der Waals surface area contributed by atoms with E-state index in [1.807, 2.05) is 30.0 Å². The molecule has 7 heteroatoms. The summed E-state index contributed by atoms with van der Waals surface area (Å²) >= 11 is 0. The van der Waals surface area contributed by atoms with Crippen molar-refractivity contribution >= 4 is 17.8 Å². The van der Waals surface area contributed by atoms with Gasteiger partial charge in [0.05, 0.1) is 12.1 Å². The van der Waals surface area contributed by atoms with Crippen molar-refractivity contribution in [2.75, 3.05) is 19.7 Å². The number of likely N-dealkylation sites (tertiary alicyclic amines) is 1. The molecule has 3 N–H and O–H groups in total. The topological polar surface area (TPSA) is 102 Å². The number of piperidine rings is 1. The van der Waals surface area contributed by atoms with Gasteiger partial charge in [-0.3, -0.25) is 14.4 Å². The van der Waals surface area contributed by atoms with E-state index in [0.717, 1.165) is 38.5 Å². The minimum Gasteiger partial charge on any atom is -0.466 e. The molecule has 0 bridgehead atoms. The SMILES string of the molecule is CCOC(=O)CCC1CC2(CCN(C(=O)C(CCCc3ccccc3)NC(=O)C(C)(C)N)CC2)c2ccccc21. The number of hydrogen-bond donors (Lipinski definition) is 2. The van der Waals surface area contributed by atoms with Crippen molar-refractivity contribution in [1.82, 2.24) is 10.2 Å². The lowest BCUT2D eigenvalue weighted by atomic mass is 9.73. The van der Waals surface area contributed by atoms with Gasteiger partial charge in [0.2, 0.25) is 11.8 Å². The molecule has 1 heterocycles. The van der Waals surface area contributed by atoms with Gasteiger partial charge in [0, 0.05) is 19.5 Å². The maximum atomic E-state index is 13.8. The molecule has 1 saturated heterocycles. The number of esters is 1. The molecule has 0 radical (unpaired) electrons. The highest BCUT2D eigenvalue weighted by atomic mass is 16.5. The Morgan fingerprint density at radius 2 is 1.75 bits per heavy atom. The number of nitrogens with two attached hydrogens (primary N) is 1. The van der Waals surface area contributed by atoms with Crippen molar-refractivity contribution in [2.45, 2.75) is 95.1 Å². The number of hydrogen-bond acceptors (Lipinski definition) is 5. The van der Waals surface area contributed by atoms with Gasteiger partial charge in [-0.2, -0.15) is 0 Å². The second-order valence-electron chi connectivity index (χ2n) is 12.1. The molecular formula is C33H45N3O4. The molecule has 40 heavy (non-hydrogen) atoms. The summed E-state index contributed by atoms with van der Waals surface area (Å²) in [7, 11) is 0. The predicted molar refractivity (Wildman–Crippen MR) is 157 cm³/mol. The Morgan fingerprint density at radius 1 is 1.07 bits per heavy atom. The van der Waals surface area contributed by atoms with Gasteiger partial charge in [-0.25, -0.2) is 0 Å². The number of nitrogens with zero attached hydrogens (tertiary/aromatic N) is 1. The van der Waals surface area contributed by atoms with Crippen LogP contribution in [0.4, 0.5) is 0 Å². The van der Waals surface area contributed by atoms with Crippen molar-refractivity contribution in [2.24, 2.45) is 5.73 Å². The van der Waals surface area contributed by atoms with Crippen LogP contribution in [0.2, 0.25) is 0 Å². The number of aryl methyl sites for hydroxylation is 1. The summed E-state index contributed by atoms with van der Waals surface area (Å²) in [5, 5.41) is 2.96. The van der Waals surface area contributed by atoms with Gasteiger partial charge in [0.25, 0.3) is 0 Å². The fourth-order valence-corrected chi connectivity index (χ4v) is 6.42. The number of rotatable bonds is 11. The number of ether oxygens (including phenoxy) is 1. The van der Waals surface area contributed by atoms with Gasteiger partial charge in [-0.1, -0.05) is 54.6 Å². The van der Waals surface area contributed by atoms with Crippen LogP contribution in [0, 0.1) is 0 Å². The molecule has 0 saturated carbocycles. The summed E-state index contributed by atoms with van der Waals surface area (Å²) in [5.41, 5.74) is 8.93. The van der Waals surface area contributed by atoms with Gasteiger partial charge in [-0.15, -0.1) is 0 Å². The van der Waals surface area contributed by atoms with E-state index in [1.54, 1.807) is 13.8 Å². The second-order valence-corrected chi connectivity index (χ2v) is 12.1. The van der Waals surface area contributed by atoms with E-state index in [4.69, 9.17) is 10.5 Å². The summed E-state index contributed by atoms with van der Waals surface area (Å²) in [5.74, 6) is -0.152. The maximum Gasteiger partial charge on any atom is 0.305 e. The Morgan fingerprint density at radius 3 is 2.42 bits per heavy atom. The fraction of sp³-hybridized carbons (Fsp3) is 0.545. The molecule has 7 nitrogen and oxygen atoms in total. The van der Waals surface area contributed by atoms with Crippen LogP contribution < -0.4 is 11.1 Å². The quantitative estimate of drug-likeness (QED) is 0.400. The normalized spacial score (nSPS) is 18.7. The van der Waals surface area contributed by atoms with Crippen LogP contribution in [-0.4, -0.2) is 54.0 Å². The third-order valence-corrected chi connectivity index (χ3v) is 8.63. The molecule has 2 unspecified atom stereocenters. The first-order chi connectivity index (χ1) is 19.1. The summed E-state index contributed by atoms with van der Waals surface area (Å²) < 4.78 is 5.17. The number of nitrogens with one attached hydrogen (secondary N) is 1. The van der Waals surface area contributed by atoms with Gasteiger partial charge in [0.15, 0.2) is 0 Å². The summed E-state index contributed by atoms with van der Waals surface area (Å²) in [6.07, 6.45) is 6.15. The maximum absolute atomic E-state index is 13.8. The van der Waals surface area contributed by atoms with Crippen molar-refractivity contribution in [3.05, 3.63) is 71.3 Å². The molecule has 0 aromatic heterocycles. The van der Waals surface area contributed by atoms with Gasteiger partial charge in [-0.05, 0) is 93.7 Å². The fourth-order valence-electron chi connectivity index (χ4n) is 6.42. The molecular weight excluding hydrogens is 502 g/mol. The number of benzene rings is 2.